The van der Waals surface area contributed by atoms with Crippen LogP contribution in [0.25, 0.3) is 0 Å². The summed E-state index contributed by atoms with van der Waals surface area (Å²) < 4.78 is 24.8. The molecule has 0 spiro atoms. The lowest BCUT2D eigenvalue weighted by molar-refractivity contribution is 0.151. The van der Waals surface area contributed by atoms with Gasteiger partial charge in [0.1, 0.15) is 0 Å². The first-order valence-corrected chi connectivity index (χ1v) is 6.63. The largest absolute Gasteiger partial charge is 0.395 e. The second-order valence-electron chi connectivity index (χ2n) is 3.53. The van der Waals surface area contributed by atoms with Gasteiger partial charge in [0.25, 0.3) is 0 Å². The highest BCUT2D eigenvalue weighted by Gasteiger charge is 2.25. The van der Waals surface area contributed by atoms with E-state index in [4.69, 9.17) is 5.11 Å². The number of nitrogens with zero attached hydrogens (tertiary/aromatic N) is 2. The molecule has 0 saturated carbocycles. The quantitative estimate of drug-likeness (QED) is 0.627. The Morgan fingerprint density at radius 3 is 2.33 bits per heavy atom. The van der Waals surface area contributed by atoms with Gasteiger partial charge in [-0.2, -0.15) is 4.31 Å². The van der Waals surface area contributed by atoms with Gasteiger partial charge in [0.05, 0.1) is 12.4 Å². The van der Waals surface area contributed by atoms with Crippen molar-refractivity contribution in [3.05, 3.63) is 12.7 Å². The minimum absolute atomic E-state index is 0.00694. The Morgan fingerprint density at radius 2 is 1.87 bits per heavy atom. The van der Waals surface area contributed by atoms with E-state index in [0.29, 0.717) is 32.7 Å². The van der Waals surface area contributed by atoms with E-state index in [9.17, 15) is 8.42 Å². The van der Waals surface area contributed by atoms with E-state index in [-0.39, 0.29) is 12.4 Å². The molecule has 0 unspecified atom stereocenters. The van der Waals surface area contributed by atoms with Crippen LogP contribution in [0.3, 0.4) is 0 Å². The topological polar surface area (TPSA) is 60.9 Å². The van der Waals surface area contributed by atoms with Crippen LogP contribution < -0.4 is 0 Å². The highest BCUT2D eigenvalue weighted by Crippen LogP contribution is 2.07. The molecule has 1 heterocycles. The smallest absolute Gasteiger partial charge is 0.217 e. The SMILES string of the molecule is C=CCS(=O)(=O)N1CCN(CCO)CC1. The van der Waals surface area contributed by atoms with Crippen molar-refractivity contribution in [2.45, 2.75) is 0 Å². The summed E-state index contributed by atoms with van der Waals surface area (Å²) in [5.74, 6) is 0.00694. The summed E-state index contributed by atoms with van der Waals surface area (Å²) in [6.45, 7) is 6.58. The van der Waals surface area contributed by atoms with E-state index < -0.39 is 10.0 Å². The fourth-order valence-corrected chi connectivity index (χ4v) is 2.86. The lowest BCUT2D eigenvalue weighted by atomic mass is 10.4. The van der Waals surface area contributed by atoms with E-state index in [1.807, 2.05) is 0 Å². The third-order valence-corrected chi connectivity index (χ3v) is 4.28. The van der Waals surface area contributed by atoms with Crippen LogP contribution in [0, 0.1) is 0 Å². The van der Waals surface area contributed by atoms with E-state index in [0.717, 1.165) is 0 Å². The molecule has 15 heavy (non-hydrogen) atoms. The molecule has 0 bridgehead atoms. The van der Waals surface area contributed by atoms with Crippen LogP contribution in [0.1, 0.15) is 0 Å². The Hall–Kier alpha value is -0.430. The average molecular weight is 234 g/mol. The first-order valence-electron chi connectivity index (χ1n) is 5.02. The van der Waals surface area contributed by atoms with Crippen LogP contribution >= 0.6 is 0 Å². The number of sulfonamides is 1. The van der Waals surface area contributed by atoms with E-state index in [1.54, 1.807) is 0 Å². The number of piperazine rings is 1. The van der Waals surface area contributed by atoms with Crippen molar-refractivity contribution < 1.29 is 13.5 Å². The highest BCUT2D eigenvalue weighted by molar-refractivity contribution is 7.89. The summed E-state index contributed by atoms with van der Waals surface area (Å²) in [6, 6.07) is 0. The summed E-state index contributed by atoms with van der Waals surface area (Å²) in [5, 5.41) is 8.74. The van der Waals surface area contributed by atoms with Crippen LogP contribution in [-0.2, 0) is 10.0 Å². The van der Waals surface area contributed by atoms with Gasteiger partial charge in [-0.3, -0.25) is 4.90 Å². The second kappa shape index (κ2) is 5.60. The summed E-state index contributed by atoms with van der Waals surface area (Å²) >= 11 is 0. The minimum atomic E-state index is -3.15. The zero-order valence-corrected chi connectivity index (χ0v) is 9.62. The Bertz CT molecular complexity index is 294. The van der Waals surface area contributed by atoms with Crippen molar-refractivity contribution in [3.63, 3.8) is 0 Å². The van der Waals surface area contributed by atoms with Crippen LogP contribution in [0.5, 0.6) is 0 Å². The zero-order valence-electron chi connectivity index (χ0n) is 8.80. The number of aliphatic hydroxyl groups excluding tert-OH is 1. The first-order chi connectivity index (χ1) is 7.10. The van der Waals surface area contributed by atoms with Gasteiger partial charge in [-0.25, -0.2) is 8.42 Å². The molecule has 1 rings (SSSR count). The van der Waals surface area contributed by atoms with Crippen molar-refractivity contribution in [2.75, 3.05) is 45.1 Å². The molecule has 0 amide bonds. The summed E-state index contributed by atoms with van der Waals surface area (Å²) in [6.07, 6.45) is 1.41. The molecular formula is C9H18N2O3S. The number of aliphatic hydroxyl groups is 1. The number of rotatable bonds is 5. The van der Waals surface area contributed by atoms with E-state index in [2.05, 4.69) is 11.5 Å². The second-order valence-corrected chi connectivity index (χ2v) is 5.55. The maximum atomic E-state index is 11.6. The third-order valence-electron chi connectivity index (χ3n) is 2.47. The summed E-state index contributed by atoms with van der Waals surface area (Å²) in [4.78, 5) is 2.06. The van der Waals surface area contributed by atoms with Crippen LogP contribution in [0.2, 0.25) is 0 Å². The van der Waals surface area contributed by atoms with E-state index in [1.165, 1.54) is 10.4 Å². The Kier molecular flexibility index (Phi) is 4.72. The van der Waals surface area contributed by atoms with Crippen molar-refractivity contribution in [1.29, 1.82) is 0 Å². The average Bonchev–Trinajstić information content (AvgIpc) is 2.19. The molecule has 5 nitrogen and oxygen atoms in total. The number of hydrogen-bond donors (Lipinski definition) is 1. The lowest BCUT2D eigenvalue weighted by Gasteiger charge is -2.33. The highest BCUT2D eigenvalue weighted by atomic mass is 32.2. The number of β-amino-alcohol motifs (C(OH)–C–C–N with tert-alkyl or cyclic N) is 1. The van der Waals surface area contributed by atoms with Gasteiger partial charge in [0, 0.05) is 32.7 Å². The van der Waals surface area contributed by atoms with Gasteiger partial charge in [-0.05, 0) is 0 Å². The van der Waals surface area contributed by atoms with Crippen molar-refractivity contribution >= 4 is 10.0 Å². The molecule has 1 aliphatic heterocycles. The zero-order chi connectivity index (χ0) is 11.3. The molecular weight excluding hydrogens is 216 g/mol. The molecule has 1 aliphatic rings. The molecule has 1 N–H and O–H groups in total. The van der Waals surface area contributed by atoms with Crippen molar-refractivity contribution in [3.8, 4) is 0 Å². The maximum absolute atomic E-state index is 11.6. The van der Waals surface area contributed by atoms with Gasteiger partial charge in [-0.15, -0.1) is 6.58 Å². The van der Waals surface area contributed by atoms with E-state index >= 15 is 0 Å². The van der Waals surface area contributed by atoms with Gasteiger partial charge in [0.2, 0.25) is 10.0 Å². The fourth-order valence-electron chi connectivity index (χ4n) is 1.63. The van der Waals surface area contributed by atoms with Crippen molar-refractivity contribution in [1.82, 2.24) is 9.21 Å². The third kappa shape index (κ3) is 3.57. The minimum Gasteiger partial charge on any atom is -0.395 e. The van der Waals surface area contributed by atoms with Gasteiger partial charge < -0.3 is 5.11 Å². The van der Waals surface area contributed by atoms with Gasteiger partial charge >= 0.3 is 0 Å². The molecule has 0 aliphatic carbocycles. The van der Waals surface area contributed by atoms with Crippen LogP contribution in [-0.4, -0.2) is 67.8 Å². The summed E-state index contributed by atoms with van der Waals surface area (Å²) in [7, 11) is -3.15. The summed E-state index contributed by atoms with van der Waals surface area (Å²) in [5.41, 5.74) is 0. The Morgan fingerprint density at radius 1 is 1.27 bits per heavy atom. The predicted octanol–water partition coefficient (Wildman–Crippen LogP) is -0.888. The molecule has 0 radical (unpaired) electrons. The van der Waals surface area contributed by atoms with Gasteiger partial charge in [-0.1, -0.05) is 6.08 Å². The van der Waals surface area contributed by atoms with Crippen LogP contribution in [0.15, 0.2) is 12.7 Å². The Balaban J connectivity index is 2.46. The maximum Gasteiger partial charge on any atom is 0.217 e. The molecule has 1 fully saturated rings. The van der Waals surface area contributed by atoms with Gasteiger partial charge in [0.15, 0.2) is 0 Å². The molecule has 6 heteroatoms. The molecule has 0 aromatic heterocycles. The standard InChI is InChI=1S/C9H18N2O3S/c1-2-9-15(13,14)11-5-3-10(4-6-11)7-8-12/h2,12H,1,3-9H2. The Labute approximate surface area is 91.0 Å². The predicted molar refractivity (Wildman–Crippen MR) is 59.1 cm³/mol. The monoisotopic (exact) mass is 234 g/mol. The molecule has 1 saturated heterocycles. The molecule has 0 atom stereocenters. The molecule has 88 valence electrons. The van der Waals surface area contributed by atoms with Crippen LogP contribution in [0.4, 0.5) is 0 Å². The molecule has 0 aromatic carbocycles. The number of hydrogen-bond acceptors (Lipinski definition) is 4. The molecule has 0 aromatic rings. The first kappa shape index (κ1) is 12.6. The van der Waals surface area contributed by atoms with Crippen molar-refractivity contribution in [2.24, 2.45) is 0 Å². The normalized spacial score (nSPS) is 20.3. The fraction of sp³-hybridized carbons (Fsp3) is 0.778. The lowest BCUT2D eigenvalue weighted by Crippen LogP contribution is -2.49.